The maximum Gasteiger partial charge on any atom is 0.515 e. The third-order valence-electron chi connectivity index (χ3n) is 3.50. The third kappa shape index (κ3) is 3.72. The van der Waals surface area contributed by atoms with Gasteiger partial charge in [-0.3, -0.25) is 4.79 Å². The smallest absolute Gasteiger partial charge is 0.431 e. The predicted molar refractivity (Wildman–Crippen MR) is 78.9 cm³/mol. The Bertz CT molecular complexity index is 780. The number of aryl methyl sites for hydroxylation is 1. The summed E-state index contributed by atoms with van der Waals surface area (Å²) >= 11 is 0. The van der Waals surface area contributed by atoms with Crippen LogP contribution in [-0.4, -0.2) is 38.0 Å². The Morgan fingerprint density at radius 2 is 2.17 bits per heavy atom. The zero-order valence-electron chi connectivity index (χ0n) is 12.4. The van der Waals surface area contributed by atoms with Crippen LogP contribution in [0.3, 0.4) is 0 Å². The van der Waals surface area contributed by atoms with Crippen molar-refractivity contribution in [1.29, 1.82) is 0 Å². The fraction of sp³-hybridized carbons (Fsp3) is 0.333. The molecule has 0 radical (unpaired) electrons. The van der Waals surface area contributed by atoms with Gasteiger partial charge in [-0.15, -0.1) is 0 Å². The van der Waals surface area contributed by atoms with Crippen LogP contribution in [0.4, 0.5) is 4.79 Å². The Morgan fingerprint density at radius 1 is 1.39 bits per heavy atom. The maximum atomic E-state index is 11.6. The molecule has 0 amide bonds. The zero-order valence-corrected chi connectivity index (χ0v) is 12.4. The second kappa shape index (κ2) is 5.81. The molecule has 1 aliphatic carbocycles. The van der Waals surface area contributed by atoms with Crippen LogP contribution in [0.25, 0.3) is 11.3 Å². The lowest BCUT2D eigenvalue weighted by Crippen LogP contribution is -2.21. The molecule has 2 aromatic heterocycles. The monoisotopic (exact) mass is 317 g/mol. The highest BCUT2D eigenvalue weighted by Crippen LogP contribution is 2.35. The van der Waals surface area contributed by atoms with E-state index in [1.165, 1.54) is 23.0 Å². The minimum atomic E-state index is -0.944. The van der Waals surface area contributed by atoms with Gasteiger partial charge in [0.25, 0.3) is 5.56 Å². The van der Waals surface area contributed by atoms with Gasteiger partial charge in [0.2, 0.25) is 5.88 Å². The van der Waals surface area contributed by atoms with Gasteiger partial charge < -0.3 is 19.1 Å². The maximum absolute atomic E-state index is 11.6. The van der Waals surface area contributed by atoms with Crippen molar-refractivity contribution in [2.24, 2.45) is 7.05 Å². The normalized spacial score (nSPS) is 15.0. The second-order valence-electron chi connectivity index (χ2n) is 5.47. The van der Waals surface area contributed by atoms with E-state index in [0.29, 0.717) is 24.1 Å². The lowest BCUT2D eigenvalue weighted by molar-refractivity contribution is 0.0307. The lowest BCUT2D eigenvalue weighted by atomic mass is 10.2. The molecule has 0 atom stereocenters. The van der Waals surface area contributed by atoms with E-state index in [-0.39, 0.29) is 18.0 Å². The largest absolute Gasteiger partial charge is 0.515 e. The first-order valence-corrected chi connectivity index (χ1v) is 7.01. The molecule has 23 heavy (non-hydrogen) atoms. The Hall–Kier alpha value is -2.74. The van der Waals surface area contributed by atoms with Gasteiger partial charge in [0.1, 0.15) is 6.61 Å². The Balaban J connectivity index is 1.63. The fourth-order valence-electron chi connectivity index (χ4n) is 1.82. The fourth-order valence-corrected chi connectivity index (χ4v) is 1.82. The molecule has 1 saturated carbocycles. The quantitative estimate of drug-likeness (QED) is 0.835. The van der Waals surface area contributed by atoms with Crippen LogP contribution in [0.1, 0.15) is 12.8 Å². The molecule has 3 rings (SSSR count). The van der Waals surface area contributed by atoms with Gasteiger partial charge in [-0.05, 0) is 18.9 Å². The molecule has 0 aromatic carbocycles. The summed E-state index contributed by atoms with van der Waals surface area (Å²) in [7, 11) is 1.65. The summed E-state index contributed by atoms with van der Waals surface area (Å²) in [4.78, 5) is 31.1. The third-order valence-corrected chi connectivity index (χ3v) is 3.50. The summed E-state index contributed by atoms with van der Waals surface area (Å²) in [6.07, 6.45) is 4.58. The van der Waals surface area contributed by atoms with Gasteiger partial charge in [0.05, 0.1) is 23.7 Å². The summed E-state index contributed by atoms with van der Waals surface area (Å²) in [5.41, 5.74) is 0.0428. The van der Waals surface area contributed by atoms with Gasteiger partial charge >= 0.3 is 6.16 Å². The number of hydrogen-bond acceptors (Lipinski definition) is 7. The van der Waals surface area contributed by atoms with Crippen LogP contribution in [0.5, 0.6) is 5.88 Å². The molecular weight excluding hydrogens is 302 g/mol. The Labute approximate surface area is 131 Å². The Kier molecular flexibility index (Phi) is 3.83. The highest BCUT2D eigenvalue weighted by Gasteiger charge is 2.42. The number of ether oxygens (including phenoxy) is 2. The van der Waals surface area contributed by atoms with Gasteiger partial charge in [-0.1, -0.05) is 0 Å². The molecule has 2 heterocycles. The molecule has 8 heteroatoms. The van der Waals surface area contributed by atoms with E-state index in [9.17, 15) is 14.7 Å². The standard InChI is InChI=1S/C15H15N3O5/c1-18-5-2-10(6-13(18)19)11-7-17-12(8-16-11)23-14(20)22-9-15(21)3-4-15/h2,5-8,21H,3-4,9H2,1H3. The van der Waals surface area contributed by atoms with Crippen molar-refractivity contribution in [3.05, 3.63) is 41.1 Å². The molecule has 0 aliphatic heterocycles. The first kappa shape index (κ1) is 15.2. The molecule has 8 nitrogen and oxygen atoms in total. The number of carbonyl (C=O) groups excluding carboxylic acids is 1. The van der Waals surface area contributed by atoms with Crippen molar-refractivity contribution < 1.29 is 19.4 Å². The predicted octanol–water partition coefficient (Wildman–Crippen LogP) is 0.883. The van der Waals surface area contributed by atoms with Crippen LogP contribution in [0.15, 0.2) is 35.5 Å². The molecule has 1 N–H and O–H groups in total. The first-order chi connectivity index (χ1) is 11.0. The van der Waals surface area contributed by atoms with E-state index < -0.39 is 11.8 Å². The number of carbonyl (C=O) groups is 1. The highest BCUT2D eigenvalue weighted by atomic mass is 16.7. The van der Waals surface area contributed by atoms with Crippen molar-refractivity contribution in [3.63, 3.8) is 0 Å². The molecule has 1 aliphatic rings. The summed E-state index contributed by atoms with van der Waals surface area (Å²) in [5, 5.41) is 9.56. The molecule has 0 bridgehead atoms. The number of pyridine rings is 1. The van der Waals surface area contributed by atoms with Gasteiger partial charge in [-0.25, -0.2) is 14.8 Å². The number of nitrogens with zero attached hydrogens (tertiary/aromatic N) is 3. The van der Waals surface area contributed by atoms with Gasteiger partial charge in [0, 0.05) is 24.9 Å². The minimum absolute atomic E-state index is 0.0228. The van der Waals surface area contributed by atoms with Crippen LogP contribution in [0.2, 0.25) is 0 Å². The van der Waals surface area contributed by atoms with E-state index >= 15 is 0 Å². The summed E-state index contributed by atoms with van der Waals surface area (Å²) in [5.74, 6) is -0.0228. The van der Waals surface area contributed by atoms with E-state index in [2.05, 4.69) is 9.97 Å². The first-order valence-electron chi connectivity index (χ1n) is 7.01. The van der Waals surface area contributed by atoms with Gasteiger partial charge in [-0.2, -0.15) is 0 Å². The molecule has 0 saturated heterocycles. The van der Waals surface area contributed by atoms with E-state index in [1.807, 2.05) is 0 Å². The summed E-state index contributed by atoms with van der Waals surface area (Å²) < 4.78 is 11.1. The zero-order chi connectivity index (χ0) is 16.4. The van der Waals surface area contributed by atoms with Crippen LogP contribution in [0, 0.1) is 0 Å². The minimum Gasteiger partial charge on any atom is -0.431 e. The summed E-state index contributed by atoms with van der Waals surface area (Å²) in [6.45, 7) is -0.0926. The molecule has 2 aromatic rings. The molecule has 0 unspecified atom stereocenters. The molecular formula is C15H15N3O5. The highest BCUT2D eigenvalue weighted by molar-refractivity contribution is 5.63. The van der Waals surface area contributed by atoms with E-state index in [4.69, 9.17) is 9.47 Å². The number of hydrogen-bond donors (Lipinski definition) is 1. The summed E-state index contributed by atoms with van der Waals surface area (Å²) in [6, 6.07) is 3.17. The van der Waals surface area contributed by atoms with Crippen molar-refractivity contribution in [1.82, 2.24) is 14.5 Å². The lowest BCUT2D eigenvalue weighted by Gasteiger charge is -2.08. The van der Waals surface area contributed by atoms with E-state index in [0.717, 1.165) is 0 Å². The van der Waals surface area contributed by atoms with Crippen molar-refractivity contribution >= 4 is 6.16 Å². The number of aromatic nitrogens is 3. The van der Waals surface area contributed by atoms with Crippen molar-refractivity contribution in [2.45, 2.75) is 18.4 Å². The van der Waals surface area contributed by atoms with Crippen LogP contribution in [-0.2, 0) is 11.8 Å². The number of aliphatic hydroxyl groups is 1. The second-order valence-corrected chi connectivity index (χ2v) is 5.47. The topological polar surface area (TPSA) is 104 Å². The number of rotatable bonds is 4. The molecule has 0 spiro atoms. The van der Waals surface area contributed by atoms with Crippen molar-refractivity contribution in [3.8, 4) is 17.1 Å². The molecule has 1 fully saturated rings. The van der Waals surface area contributed by atoms with Crippen LogP contribution < -0.4 is 10.3 Å². The van der Waals surface area contributed by atoms with Crippen LogP contribution >= 0.6 is 0 Å². The Morgan fingerprint density at radius 3 is 2.78 bits per heavy atom. The van der Waals surface area contributed by atoms with Crippen molar-refractivity contribution in [2.75, 3.05) is 6.61 Å². The average molecular weight is 317 g/mol. The molecule has 120 valence electrons. The van der Waals surface area contributed by atoms with Gasteiger partial charge in [0.15, 0.2) is 0 Å². The SMILES string of the molecule is Cn1ccc(-c2cnc(OC(=O)OCC3(O)CC3)cn2)cc1=O. The van der Waals surface area contributed by atoms with E-state index in [1.54, 1.807) is 19.3 Å². The average Bonchev–Trinajstić information content (AvgIpc) is 3.27.